The van der Waals surface area contributed by atoms with Gasteiger partial charge in [-0.25, -0.2) is 0 Å². The monoisotopic (exact) mass is 393 g/mol. The highest BCUT2D eigenvalue weighted by molar-refractivity contribution is 6.25. The molecule has 4 rings (SSSR count). The molecule has 3 amide bonds. The van der Waals surface area contributed by atoms with Crippen LogP contribution >= 0.6 is 0 Å². The van der Waals surface area contributed by atoms with E-state index in [0.717, 1.165) is 43.2 Å². The molecule has 1 saturated heterocycles. The first-order valence-corrected chi connectivity index (χ1v) is 10.4. The number of carbonyl (C=O) groups excluding carboxylic acids is 3. The van der Waals surface area contributed by atoms with Crippen LogP contribution in [0.2, 0.25) is 0 Å². The van der Waals surface area contributed by atoms with Crippen molar-refractivity contribution in [3.63, 3.8) is 0 Å². The second-order valence-electron chi connectivity index (χ2n) is 7.98. The zero-order valence-corrected chi connectivity index (χ0v) is 16.8. The molecule has 2 heterocycles. The quantitative estimate of drug-likeness (QED) is 0.766. The van der Waals surface area contributed by atoms with Crippen molar-refractivity contribution >= 4 is 28.5 Å². The average molecular weight is 393 g/mol. The van der Waals surface area contributed by atoms with Crippen molar-refractivity contribution in [1.29, 1.82) is 0 Å². The van der Waals surface area contributed by atoms with Crippen molar-refractivity contribution in [2.45, 2.75) is 25.7 Å². The molecule has 6 heteroatoms. The predicted molar refractivity (Wildman–Crippen MR) is 112 cm³/mol. The van der Waals surface area contributed by atoms with Gasteiger partial charge in [-0.15, -0.1) is 0 Å². The van der Waals surface area contributed by atoms with Crippen LogP contribution in [0.3, 0.4) is 0 Å². The minimum atomic E-state index is -0.265. The molecule has 0 spiro atoms. The first-order chi connectivity index (χ1) is 14.1. The second-order valence-corrected chi connectivity index (χ2v) is 7.98. The molecule has 2 aromatic carbocycles. The molecule has 152 valence electrons. The van der Waals surface area contributed by atoms with E-state index in [0.29, 0.717) is 29.9 Å². The number of hydrogen-bond donors (Lipinski definition) is 1. The van der Waals surface area contributed by atoms with Crippen LogP contribution in [0.1, 0.15) is 46.4 Å². The Bertz CT molecular complexity index is 903. The second kappa shape index (κ2) is 8.33. The third-order valence-corrected chi connectivity index (χ3v) is 5.99. The standard InChI is InChI=1S/C23H27N3O3/c1-24-14-16-6-4-12-25(15-16)20(27)11-5-13-26-22(28)18-9-2-7-17-8-3-10-19(21(17)18)23(26)29/h2-3,7-10,16,24H,4-6,11-15H2,1H3. The van der Waals surface area contributed by atoms with E-state index in [-0.39, 0.29) is 24.3 Å². The van der Waals surface area contributed by atoms with E-state index in [1.165, 1.54) is 4.90 Å². The van der Waals surface area contributed by atoms with Crippen LogP contribution in [0.5, 0.6) is 0 Å². The van der Waals surface area contributed by atoms with Gasteiger partial charge in [0.05, 0.1) is 0 Å². The highest BCUT2D eigenvalue weighted by Crippen LogP contribution is 2.30. The van der Waals surface area contributed by atoms with Crippen LogP contribution in [0.25, 0.3) is 10.8 Å². The van der Waals surface area contributed by atoms with Crippen LogP contribution in [-0.2, 0) is 4.79 Å². The third-order valence-electron chi connectivity index (χ3n) is 5.99. The van der Waals surface area contributed by atoms with Gasteiger partial charge in [0.25, 0.3) is 11.8 Å². The Morgan fingerprint density at radius 2 is 1.79 bits per heavy atom. The Hall–Kier alpha value is -2.73. The molecule has 0 radical (unpaired) electrons. The smallest absolute Gasteiger partial charge is 0.261 e. The van der Waals surface area contributed by atoms with Gasteiger partial charge in [0, 0.05) is 42.6 Å². The van der Waals surface area contributed by atoms with Crippen molar-refractivity contribution < 1.29 is 14.4 Å². The van der Waals surface area contributed by atoms with Crippen molar-refractivity contribution in [2.24, 2.45) is 5.92 Å². The summed E-state index contributed by atoms with van der Waals surface area (Å²) in [6.07, 6.45) is 3.02. The Labute approximate surface area is 170 Å². The van der Waals surface area contributed by atoms with Gasteiger partial charge in [0.2, 0.25) is 5.91 Å². The third kappa shape index (κ3) is 3.77. The molecule has 1 atom stereocenters. The maximum absolute atomic E-state index is 12.9. The lowest BCUT2D eigenvalue weighted by atomic mass is 9.94. The number of nitrogens with one attached hydrogen (secondary N) is 1. The lowest BCUT2D eigenvalue weighted by molar-refractivity contribution is -0.133. The molecule has 1 fully saturated rings. The number of hydrogen-bond acceptors (Lipinski definition) is 4. The van der Waals surface area contributed by atoms with Crippen LogP contribution in [0.15, 0.2) is 36.4 Å². The summed E-state index contributed by atoms with van der Waals surface area (Å²) in [6.45, 7) is 2.78. The molecular weight excluding hydrogens is 366 g/mol. The van der Waals surface area contributed by atoms with Gasteiger partial charge < -0.3 is 10.2 Å². The van der Waals surface area contributed by atoms with E-state index in [1.54, 1.807) is 12.1 Å². The Kier molecular flexibility index (Phi) is 5.62. The molecule has 2 aromatic rings. The van der Waals surface area contributed by atoms with E-state index < -0.39 is 0 Å². The number of amides is 3. The maximum Gasteiger partial charge on any atom is 0.261 e. The lowest BCUT2D eigenvalue weighted by Gasteiger charge is -2.33. The van der Waals surface area contributed by atoms with E-state index in [4.69, 9.17) is 0 Å². The fourth-order valence-electron chi connectivity index (χ4n) is 4.58. The highest BCUT2D eigenvalue weighted by Gasteiger charge is 2.32. The fourth-order valence-corrected chi connectivity index (χ4v) is 4.58. The minimum Gasteiger partial charge on any atom is -0.342 e. The molecule has 6 nitrogen and oxygen atoms in total. The van der Waals surface area contributed by atoms with E-state index in [9.17, 15) is 14.4 Å². The number of piperidine rings is 1. The van der Waals surface area contributed by atoms with Crippen LogP contribution < -0.4 is 5.32 Å². The number of nitrogens with zero attached hydrogens (tertiary/aromatic N) is 2. The number of imide groups is 1. The number of likely N-dealkylation sites (tertiary alicyclic amines) is 1. The van der Waals surface area contributed by atoms with E-state index >= 15 is 0 Å². The van der Waals surface area contributed by atoms with E-state index in [2.05, 4.69) is 5.32 Å². The van der Waals surface area contributed by atoms with E-state index in [1.807, 2.05) is 36.2 Å². The SMILES string of the molecule is CNCC1CCCN(C(=O)CCCN2C(=O)c3cccc4cccc(c34)C2=O)C1. The molecule has 0 aromatic heterocycles. The molecule has 0 bridgehead atoms. The van der Waals surface area contributed by atoms with Crippen molar-refractivity contribution in [3.05, 3.63) is 47.5 Å². The molecule has 0 saturated carbocycles. The Morgan fingerprint density at radius 1 is 1.10 bits per heavy atom. The van der Waals surface area contributed by atoms with Gasteiger partial charge >= 0.3 is 0 Å². The summed E-state index contributed by atoms with van der Waals surface area (Å²) in [5, 5.41) is 4.83. The van der Waals surface area contributed by atoms with Gasteiger partial charge in [0.15, 0.2) is 0 Å². The summed E-state index contributed by atoms with van der Waals surface area (Å²) in [5.41, 5.74) is 1.13. The zero-order valence-electron chi connectivity index (χ0n) is 16.8. The lowest BCUT2D eigenvalue weighted by Crippen LogP contribution is -2.43. The summed E-state index contributed by atoms with van der Waals surface area (Å²) in [6, 6.07) is 11.1. The first-order valence-electron chi connectivity index (χ1n) is 10.4. The summed E-state index contributed by atoms with van der Waals surface area (Å²) in [4.78, 5) is 41.7. The average Bonchev–Trinajstić information content (AvgIpc) is 2.74. The minimum absolute atomic E-state index is 0.116. The predicted octanol–water partition coefficient (Wildman–Crippen LogP) is 2.67. The maximum atomic E-state index is 12.9. The number of rotatable bonds is 6. The largest absolute Gasteiger partial charge is 0.342 e. The Balaban J connectivity index is 1.40. The molecule has 2 aliphatic rings. The van der Waals surface area contributed by atoms with Gasteiger partial charge in [-0.1, -0.05) is 24.3 Å². The van der Waals surface area contributed by atoms with Crippen LogP contribution in [0.4, 0.5) is 0 Å². The van der Waals surface area contributed by atoms with Crippen molar-refractivity contribution in [1.82, 2.24) is 15.1 Å². The highest BCUT2D eigenvalue weighted by atomic mass is 16.2. The zero-order chi connectivity index (χ0) is 20.4. The Morgan fingerprint density at radius 3 is 2.45 bits per heavy atom. The van der Waals surface area contributed by atoms with Gasteiger partial charge in [-0.2, -0.15) is 0 Å². The normalized spacial score (nSPS) is 19.1. The molecule has 29 heavy (non-hydrogen) atoms. The molecule has 2 aliphatic heterocycles. The van der Waals surface area contributed by atoms with Gasteiger partial charge in [0.1, 0.15) is 0 Å². The first kappa shape index (κ1) is 19.6. The summed E-state index contributed by atoms with van der Waals surface area (Å²) >= 11 is 0. The molecule has 1 N–H and O–H groups in total. The molecular formula is C23H27N3O3. The van der Waals surface area contributed by atoms with Crippen molar-refractivity contribution in [2.75, 3.05) is 33.2 Å². The van der Waals surface area contributed by atoms with Crippen LogP contribution in [0, 0.1) is 5.92 Å². The number of benzene rings is 2. The van der Waals surface area contributed by atoms with Crippen molar-refractivity contribution in [3.8, 4) is 0 Å². The summed E-state index contributed by atoms with van der Waals surface area (Å²) < 4.78 is 0. The summed E-state index contributed by atoms with van der Waals surface area (Å²) in [5.74, 6) is 0.0859. The fraction of sp³-hybridized carbons (Fsp3) is 0.435. The van der Waals surface area contributed by atoms with Gasteiger partial charge in [-0.05, 0) is 56.3 Å². The van der Waals surface area contributed by atoms with Crippen LogP contribution in [-0.4, -0.2) is 60.7 Å². The summed E-state index contributed by atoms with van der Waals surface area (Å²) in [7, 11) is 1.94. The molecule has 1 unspecified atom stereocenters. The van der Waals surface area contributed by atoms with Gasteiger partial charge in [-0.3, -0.25) is 19.3 Å². The number of carbonyl (C=O) groups is 3. The molecule has 0 aliphatic carbocycles. The topological polar surface area (TPSA) is 69.7 Å².